The Balaban J connectivity index is 1.66. The van der Waals surface area contributed by atoms with Crippen molar-refractivity contribution >= 4 is 23.7 Å². The van der Waals surface area contributed by atoms with Gasteiger partial charge in [0.05, 0.1) is 12.1 Å². The molecule has 2 rings (SSSR count). The van der Waals surface area contributed by atoms with Crippen LogP contribution < -0.4 is 21.9 Å². The largest absolute Gasteiger partial charge is 0.332 e. The number of nitrogens with one attached hydrogen (secondary N) is 3. The van der Waals surface area contributed by atoms with Gasteiger partial charge >= 0.3 is 6.03 Å². The summed E-state index contributed by atoms with van der Waals surface area (Å²) in [4.78, 5) is 22.1. The van der Waals surface area contributed by atoms with E-state index in [9.17, 15) is 9.59 Å². The molecule has 0 aromatic heterocycles. The Morgan fingerprint density at radius 3 is 3.06 bits per heavy atom. The van der Waals surface area contributed by atoms with Crippen LogP contribution in [-0.4, -0.2) is 35.0 Å². The van der Waals surface area contributed by atoms with Crippen LogP contribution in [0.1, 0.15) is 25.7 Å². The summed E-state index contributed by atoms with van der Waals surface area (Å²) < 4.78 is 0. The van der Waals surface area contributed by atoms with E-state index in [1.54, 1.807) is 0 Å². The number of fused-ring (bicyclic) bond motifs is 1. The number of unbranched alkanes of at least 4 members (excludes halogenated alkanes) is 1. The number of carbonyl (C=O) groups excluding carboxylic acids is 2. The van der Waals surface area contributed by atoms with E-state index in [1.165, 1.54) is 0 Å². The molecule has 0 saturated carbocycles. The lowest BCUT2D eigenvalue weighted by Gasteiger charge is -2.16. The van der Waals surface area contributed by atoms with E-state index in [1.807, 2.05) is 11.8 Å². The molecule has 0 radical (unpaired) electrons. The molecule has 0 aromatic carbocycles. The predicted octanol–water partition coefficient (Wildman–Crippen LogP) is -0.298. The van der Waals surface area contributed by atoms with E-state index in [0.717, 1.165) is 25.0 Å². The fraction of sp³-hybridized carbons (Fsp3) is 0.800. The molecule has 5 N–H and O–H groups in total. The van der Waals surface area contributed by atoms with Gasteiger partial charge in [0.1, 0.15) is 0 Å². The van der Waals surface area contributed by atoms with Crippen LogP contribution in [-0.2, 0) is 4.79 Å². The van der Waals surface area contributed by atoms with Crippen LogP contribution in [0.15, 0.2) is 0 Å². The number of thioether (sulfide) groups is 1. The number of hydrogen-bond donors (Lipinski definition) is 4. The van der Waals surface area contributed by atoms with Crippen LogP contribution in [0, 0.1) is 0 Å². The van der Waals surface area contributed by atoms with Crippen molar-refractivity contribution < 1.29 is 9.59 Å². The van der Waals surface area contributed by atoms with Crippen LogP contribution in [0.3, 0.4) is 0 Å². The smallest absolute Gasteiger partial charge is 0.315 e. The highest BCUT2D eigenvalue weighted by molar-refractivity contribution is 8.00. The normalized spacial score (nSPS) is 30.6. The quantitative estimate of drug-likeness (QED) is 0.179. The molecule has 0 unspecified atom stereocenters. The van der Waals surface area contributed by atoms with Crippen LogP contribution in [0.5, 0.6) is 0 Å². The van der Waals surface area contributed by atoms with E-state index in [4.69, 9.17) is 5.84 Å². The zero-order valence-corrected chi connectivity index (χ0v) is 10.4. The first-order valence-corrected chi connectivity index (χ1v) is 6.93. The van der Waals surface area contributed by atoms with Gasteiger partial charge in [-0.2, -0.15) is 11.8 Å². The SMILES string of the molecule is NNC(=O)CCCC[C@@H]1SC[C@@H]2NC(=O)N[C@H]21. The Morgan fingerprint density at radius 1 is 1.47 bits per heavy atom. The summed E-state index contributed by atoms with van der Waals surface area (Å²) >= 11 is 1.90. The van der Waals surface area contributed by atoms with E-state index >= 15 is 0 Å². The number of hydrogen-bond acceptors (Lipinski definition) is 4. The summed E-state index contributed by atoms with van der Waals surface area (Å²) in [6.45, 7) is 0. The summed E-state index contributed by atoms with van der Waals surface area (Å²) in [5.41, 5.74) is 2.13. The molecular weight excluding hydrogens is 240 g/mol. The summed E-state index contributed by atoms with van der Waals surface area (Å²) in [6, 6.07) is 0.494. The molecule has 0 bridgehead atoms. The molecule has 3 atom stereocenters. The molecule has 2 aliphatic heterocycles. The van der Waals surface area contributed by atoms with Crippen molar-refractivity contribution in [2.75, 3.05) is 5.75 Å². The van der Waals surface area contributed by atoms with E-state index in [0.29, 0.717) is 11.7 Å². The maximum absolute atomic E-state index is 11.2. The number of carbonyl (C=O) groups is 2. The molecule has 7 heteroatoms. The number of urea groups is 1. The zero-order chi connectivity index (χ0) is 12.3. The minimum Gasteiger partial charge on any atom is -0.332 e. The Kier molecular flexibility index (Phi) is 4.11. The summed E-state index contributed by atoms with van der Waals surface area (Å²) in [7, 11) is 0. The van der Waals surface area contributed by atoms with Crippen molar-refractivity contribution in [3.05, 3.63) is 0 Å². The summed E-state index contributed by atoms with van der Waals surface area (Å²) in [5, 5.41) is 6.34. The van der Waals surface area contributed by atoms with Gasteiger partial charge in [-0.1, -0.05) is 6.42 Å². The van der Waals surface area contributed by atoms with Crippen molar-refractivity contribution in [2.24, 2.45) is 5.84 Å². The Labute approximate surface area is 104 Å². The van der Waals surface area contributed by atoms with Crippen molar-refractivity contribution in [3.63, 3.8) is 0 Å². The maximum atomic E-state index is 11.2. The van der Waals surface area contributed by atoms with Crippen LogP contribution >= 0.6 is 11.8 Å². The van der Waals surface area contributed by atoms with E-state index in [-0.39, 0.29) is 24.0 Å². The number of hydrazine groups is 1. The first-order chi connectivity index (χ1) is 8.20. The average molecular weight is 258 g/mol. The number of rotatable bonds is 5. The third-order valence-corrected chi connectivity index (χ3v) is 4.75. The van der Waals surface area contributed by atoms with Gasteiger partial charge in [-0.3, -0.25) is 10.2 Å². The monoisotopic (exact) mass is 258 g/mol. The molecule has 2 fully saturated rings. The second-order valence-corrected chi connectivity index (χ2v) is 5.71. The topological polar surface area (TPSA) is 96.2 Å². The highest BCUT2D eigenvalue weighted by atomic mass is 32.2. The van der Waals surface area contributed by atoms with Crippen LogP contribution in [0.25, 0.3) is 0 Å². The van der Waals surface area contributed by atoms with Gasteiger partial charge in [0.2, 0.25) is 5.91 Å². The van der Waals surface area contributed by atoms with Crippen molar-refractivity contribution in [3.8, 4) is 0 Å². The molecule has 2 aliphatic rings. The molecule has 96 valence electrons. The first-order valence-electron chi connectivity index (χ1n) is 5.89. The third-order valence-electron chi connectivity index (χ3n) is 3.24. The Bertz CT molecular complexity index is 313. The lowest BCUT2D eigenvalue weighted by atomic mass is 10.0. The molecular formula is C10H18N4O2S. The minimum atomic E-state index is -0.113. The standard InChI is InChI=1S/C10H18N4O2S/c11-14-8(15)4-2-1-3-7-9-6(5-17-7)12-10(16)13-9/h6-7,9H,1-5,11H2,(H,14,15)(H2,12,13,16)/t6-,7-,9+/m0/s1. The van der Waals surface area contributed by atoms with Gasteiger partial charge in [0.25, 0.3) is 0 Å². The number of nitrogens with two attached hydrogens (primary N) is 1. The maximum Gasteiger partial charge on any atom is 0.315 e. The molecule has 17 heavy (non-hydrogen) atoms. The Morgan fingerprint density at radius 2 is 2.29 bits per heavy atom. The Hall–Kier alpha value is -0.950. The number of amides is 3. The highest BCUT2D eigenvalue weighted by Gasteiger charge is 2.42. The summed E-state index contributed by atoms with van der Waals surface area (Å²) in [6.07, 6.45) is 3.35. The minimum absolute atomic E-state index is 0.0483. The second kappa shape index (κ2) is 5.59. The molecule has 0 aromatic rings. The van der Waals surface area contributed by atoms with Crippen molar-refractivity contribution in [1.29, 1.82) is 0 Å². The van der Waals surface area contributed by atoms with Gasteiger partial charge < -0.3 is 10.6 Å². The van der Waals surface area contributed by atoms with E-state index in [2.05, 4.69) is 16.1 Å². The molecule has 3 amide bonds. The lowest BCUT2D eigenvalue weighted by molar-refractivity contribution is -0.121. The fourth-order valence-corrected chi connectivity index (χ4v) is 3.89. The fourth-order valence-electron chi connectivity index (χ4n) is 2.35. The van der Waals surface area contributed by atoms with Gasteiger partial charge in [-0.15, -0.1) is 0 Å². The molecule has 0 aliphatic carbocycles. The van der Waals surface area contributed by atoms with Crippen molar-refractivity contribution in [2.45, 2.75) is 43.0 Å². The first kappa shape index (κ1) is 12.5. The average Bonchev–Trinajstić information content (AvgIpc) is 2.84. The van der Waals surface area contributed by atoms with Gasteiger partial charge in [-0.05, 0) is 12.8 Å². The van der Waals surface area contributed by atoms with Crippen LogP contribution in [0.4, 0.5) is 4.79 Å². The highest BCUT2D eigenvalue weighted by Crippen LogP contribution is 2.33. The van der Waals surface area contributed by atoms with E-state index < -0.39 is 0 Å². The molecule has 2 saturated heterocycles. The molecule has 2 heterocycles. The van der Waals surface area contributed by atoms with Crippen molar-refractivity contribution in [1.82, 2.24) is 16.1 Å². The second-order valence-electron chi connectivity index (χ2n) is 4.44. The lowest BCUT2D eigenvalue weighted by Crippen LogP contribution is -2.36. The molecule has 0 spiro atoms. The molecule has 6 nitrogen and oxygen atoms in total. The zero-order valence-electron chi connectivity index (χ0n) is 9.57. The summed E-state index contributed by atoms with van der Waals surface area (Å²) in [5.74, 6) is 5.87. The van der Waals surface area contributed by atoms with Gasteiger partial charge in [0.15, 0.2) is 0 Å². The van der Waals surface area contributed by atoms with Gasteiger partial charge in [-0.25, -0.2) is 10.6 Å². The van der Waals surface area contributed by atoms with Gasteiger partial charge in [0, 0.05) is 17.4 Å². The predicted molar refractivity (Wildman–Crippen MR) is 66.3 cm³/mol. The third kappa shape index (κ3) is 3.04. The van der Waals surface area contributed by atoms with Crippen LogP contribution in [0.2, 0.25) is 0 Å².